The minimum atomic E-state index is 0.267. The molecule has 0 aliphatic rings. The molecule has 1 unspecified atom stereocenters. The van der Waals surface area contributed by atoms with Gasteiger partial charge in [-0.2, -0.15) is 0 Å². The molecule has 2 heterocycles. The average molecular weight is 282 g/mol. The lowest BCUT2D eigenvalue weighted by atomic mass is 10.3. The minimum Gasteiger partial charge on any atom is -0.330 e. The van der Waals surface area contributed by atoms with Crippen LogP contribution in [0.3, 0.4) is 0 Å². The Balaban J connectivity index is 1.86. The molecular formula is C12H18N4S2. The van der Waals surface area contributed by atoms with Gasteiger partial charge in [-0.05, 0) is 20.4 Å². The largest absolute Gasteiger partial charge is 0.330 e. The van der Waals surface area contributed by atoms with Crippen LogP contribution < -0.4 is 11.1 Å². The van der Waals surface area contributed by atoms with Gasteiger partial charge in [0, 0.05) is 29.4 Å². The van der Waals surface area contributed by atoms with Crippen molar-refractivity contribution in [3.63, 3.8) is 0 Å². The Morgan fingerprint density at radius 1 is 1.33 bits per heavy atom. The van der Waals surface area contributed by atoms with Crippen molar-refractivity contribution in [2.45, 2.75) is 32.9 Å². The third-order valence-electron chi connectivity index (χ3n) is 2.55. The van der Waals surface area contributed by atoms with Crippen LogP contribution in [-0.2, 0) is 13.0 Å². The van der Waals surface area contributed by atoms with Gasteiger partial charge in [0.15, 0.2) is 0 Å². The Morgan fingerprint density at radius 2 is 2.17 bits per heavy atom. The first-order valence-electron chi connectivity index (χ1n) is 5.98. The van der Waals surface area contributed by atoms with Gasteiger partial charge in [0.2, 0.25) is 0 Å². The smallest absolute Gasteiger partial charge is 0.110 e. The lowest BCUT2D eigenvalue weighted by Gasteiger charge is -2.09. The highest BCUT2D eigenvalue weighted by molar-refractivity contribution is 7.10. The van der Waals surface area contributed by atoms with Gasteiger partial charge in [0.05, 0.1) is 16.7 Å². The molecule has 0 bridgehead atoms. The highest BCUT2D eigenvalue weighted by Gasteiger charge is 2.09. The zero-order chi connectivity index (χ0) is 13.0. The van der Waals surface area contributed by atoms with Crippen LogP contribution in [-0.4, -0.2) is 16.5 Å². The molecule has 0 aliphatic carbocycles. The molecule has 0 radical (unpaired) electrons. The minimum absolute atomic E-state index is 0.267. The maximum absolute atomic E-state index is 5.51. The lowest BCUT2D eigenvalue weighted by Crippen LogP contribution is -2.18. The molecule has 3 N–H and O–H groups in total. The zero-order valence-electron chi connectivity index (χ0n) is 10.6. The second-order valence-electron chi connectivity index (χ2n) is 4.20. The van der Waals surface area contributed by atoms with Crippen LogP contribution in [0.2, 0.25) is 0 Å². The van der Waals surface area contributed by atoms with E-state index in [9.17, 15) is 0 Å². The lowest BCUT2D eigenvalue weighted by molar-refractivity contribution is 0.565. The molecule has 0 spiro atoms. The first-order valence-corrected chi connectivity index (χ1v) is 7.73. The van der Waals surface area contributed by atoms with E-state index in [1.165, 1.54) is 0 Å². The standard InChI is InChI=1S/C12H18N4S2/c1-8-6-18-12(15-8)9(2)14-5-10-7-17-11(16-10)3-4-13/h6-7,9,14H,3-5,13H2,1-2H3. The highest BCUT2D eigenvalue weighted by atomic mass is 32.1. The molecule has 0 saturated carbocycles. The van der Waals surface area contributed by atoms with Crippen LogP contribution in [0.4, 0.5) is 0 Å². The molecule has 2 aromatic rings. The Morgan fingerprint density at radius 3 is 2.83 bits per heavy atom. The van der Waals surface area contributed by atoms with Gasteiger partial charge in [0.1, 0.15) is 5.01 Å². The van der Waals surface area contributed by atoms with E-state index in [0.717, 1.165) is 34.4 Å². The predicted octanol–water partition coefficient (Wildman–Crippen LogP) is 2.26. The topological polar surface area (TPSA) is 63.8 Å². The number of thiazole rings is 2. The summed E-state index contributed by atoms with van der Waals surface area (Å²) in [4.78, 5) is 9.01. The van der Waals surface area contributed by atoms with Crippen molar-refractivity contribution in [1.29, 1.82) is 0 Å². The van der Waals surface area contributed by atoms with E-state index in [-0.39, 0.29) is 6.04 Å². The summed E-state index contributed by atoms with van der Waals surface area (Å²) in [6, 6.07) is 0.267. The zero-order valence-corrected chi connectivity index (χ0v) is 12.3. The summed E-state index contributed by atoms with van der Waals surface area (Å²) in [5.74, 6) is 0. The number of nitrogens with one attached hydrogen (secondary N) is 1. The Kier molecular flexibility index (Phi) is 4.82. The average Bonchev–Trinajstić information content (AvgIpc) is 2.96. The first-order chi connectivity index (χ1) is 8.69. The van der Waals surface area contributed by atoms with Crippen molar-refractivity contribution in [1.82, 2.24) is 15.3 Å². The molecule has 98 valence electrons. The van der Waals surface area contributed by atoms with Crippen LogP contribution in [0, 0.1) is 6.92 Å². The van der Waals surface area contributed by atoms with Crippen LogP contribution >= 0.6 is 22.7 Å². The summed E-state index contributed by atoms with van der Waals surface area (Å²) in [6.45, 7) is 5.59. The summed E-state index contributed by atoms with van der Waals surface area (Å²) in [5.41, 5.74) is 7.69. The second-order valence-corrected chi connectivity index (χ2v) is 6.03. The first kappa shape index (κ1) is 13.6. The van der Waals surface area contributed by atoms with Gasteiger partial charge in [-0.1, -0.05) is 0 Å². The van der Waals surface area contributed by atoms with Gasteiger partial charge in [0.25, 0.3) is 0 Å². The van der Waals surface area contributed by atoms with E-state index in [0.29, 0.717) is 6.54 Å². The predicted molar refractivity (Wildman–Crippen MR) is 77.0 cm³/mol. The van der Waals surface area contributed by atoms with Crippen molar-refractivity contribution in [2.75, 3.05) is 6.54 Å². The number of hydrogen-bond donors (Lipinski definition) is 2. The van der Waals surface area contributed by atoms with Gasteiger partial charge in [-0.15, -0.1) is 22.7 Å². The van der Waals surface area contributed by atoms with Gasteiger partial charge in [-0.3, -0.25) is 0 Å². The molecule has 2 rings (SSSR count). The number of aromatic nitrogens is 2. The van der Waals surface area contributed by atoms with Crippen molar-refractivity contribution in [3.8, 4) is 0 Å². The molecule has 0 saturated heterocycles. The van der Waals surface area contributed by atoms with E-state index < -0.39 is 0 Å². The maximum atomic E-state index is 5.51. The normalized spacial score (nSPS) is 12.8. The van der Waals surface area contributed by atoms with Crippen molar-refractivity contribution in [3.05, 3.63) is 32.2 Å². The van der Waals surface area contributed by atoms with Gasteiger partial charge in [-0.25, -0.2) is 9.97 Å². The highest BCUT2D eigenvalue weighted by Crippen LogP contribution is 2.18. The fourth-order valence-electron chi connectivity index (χ4n) is 1.58. The third kappa shape index (κ3) is 3.58. The monoisotopic (exact) mass is 282 g/mol. The summed E-state index contributed by atoms with van der Waals surface area (Å²) in [6.07, 6.45) is 0.867. The van der Waals surface area contributed by atoms with E-state index in [1.54, 1.807) is 22.7 Å². The number of nitrogens with zero attached hydrogens (tertiary/aromatic N) is 2. The van der Waals surface area contributed by atoms with E-state index in [2.05, 4.69) is 33.0 Å². The maximum Gasteiger partial charge on any atom is 0.110 e. The van der Waals surface area contributed by atoms with Crippen LogP contribution in [0.15, 0.2) is 10.8 Å². The summed E-state index contributed by atoms with van der Waals surface area (Å²) in [7, 11) is 0. The van der Waals surface area contributed by atoms with Crippen LogP contribution in [0.1, 0.15) is 34.4 Å². The Bertz CT molecular complexity index is 492. The molecule has 0 aromatic carbocycles. The molecule has 1 atom stereocenters. The Labute approximate surface area is 115 Å². The quantitative estimate of drug-likeness (QED) is 0.853. The molecule has 4 nitrogen and oxygen atoms in total. The number of aryl methyl sites for hydroxylation is 1. The SMILES string of the molecule is Cc1csc(C(C)NCc2csc(CCN)n2)n1. The van der Waals surface area contributed by atoms with E-state index >= 15 is 0 Å². The van der Waals surface area contributed by atoms with E-state index in [1.807, 2.05) is 6.92 Å². The van der Waals surface area contributed by atoms with Gasteiger partial charge < -0.3 is 11.1 Å². The van der Waals surface area contributed by atoms with Crippen molar-refractivity contribution >= 4 is 22.7 Å². The second kappa shape index (κ2) is 6.38. The molecule has 18 heavy (non-hydrogen) atoms. The molecule has 0 amide bonds. The third-order valence-corrected chi connectivity index (χ3v) is 4.66. The van der Waals surface area contributed by atoms with E-state index in [4.69, 9.17) is 5.73 Å². The molecule has 6 heteroatoms. The molecule has 2 aromatic heterocycles. The molecule has 0 fully saturated rings. The summed E-state index contributed by atoms with van der Waals surface area (Å²) >= 11 is 3.38. The number of nitrogens with two attached hydrogens (primary N) is 1. The molecular weight excluding hydrogens is 264 g/mol. The number of rotatable bonds is 6. The fraction of sp³-hybridized carbons (Fsp3) is 0.500. The number of hydrogen-bond acceptors (Lipinski definition) is 6. The fourth-order valence-corrected chi connectivity index (χ4v) is 3.23. The summed E-state index contributed by atoms with van der Waals surface area (Å²) < 4.78 is 0. The van der Waals surface area contributed by atoms with Crippen molar-refractivity contribution in [2.24, 2.45) is 5.73 Å². The van der Waals surface area contributed by atoms with Crippen molar-refractivity contribution < 1.29 is 0 Å². The summed E-state index contributed by atoms with van der Waals surface area (Å²) in [5, 5.41) is 9.87. The van der Waals surface area contributed by atoms with Crippen LogP contribution in [0.5, 0.6) is 0 Å². The molecule has 0 aliphatic heterocycles. The van der Waals surface area contributed by atoms with Crippen LogP contribution in [0.25, 0.3) is 0 Å². The van der Waals surface area contributed by atoms with Gasteiger partial charge >= 0.3 is 0 Å². The Hall–Kier alpha value is -0.820.